The minimum Gasteiger partial charge on any atom is -0.456 e. The van der Waals surface area contributed by atoms with Crippen LogP contribution in [0.5, 0.6) is 11.5 Å². The lowest BCUT2D eigenvalue weighted by atomic mass is 10.0. The summed E-state index contributed by atoms with van der Waals surface area (Å²) in [6, 6.07) is 14.3. The summed E-state index contributed by atoms with van der Waals surface area (Å²) >= 11 is 5.84. The second-order valence-corrected chi connectivity index (χ2v) is 6.79. The van der Waals surface area contributed by atoms with Crippen molar-refractivity contribution in [2.45, 2.75) is 25.8 Å². The van der Waals surface area contributed by atoms with Gasteiger partial charge in [0.05, 0.1) is 4.47 Å². The zero-order valence-corrected chi connectivity index (χ0v) is 15.0. The van der Waals surface area contributed by atoms with E-state index in [1.54, 1.807) is 0 Å². The van der Waals surface area contributed by atoms with Gasteiger partial charge in [-0.3, -0.25) is 0 Å². The average molecular weight is 446 g/mol. The van der Waals surface area contributed by atoms with Crippen LogP contribution in [0.15, 0.2) is 46.9 Å². The molecule has 0 spiro atoms. The lowest BCUT2D eigenvalue weighted by Crippen LogP contribution is -2.21. The van der Waals surface area contributed by atoms with Crippen LogP contribution in [-0.2, 0) is 6.42 Å². The molecule has 0 radical (unpaired) electrons. The van der Waals surface area contributed by atoms with E-state index in [4.69, 9.17) is 10.5 Å². The number of hydrogen-bond donors (Lipinski definition) is 1. The molecule has 0 aromatic heterocycles. The summed E-state index contributed by atoms with van der Waals surface area (Å²) in [7, 11) is 0. The maximum atomic E-state index is 5.98. The lowest BCUT2D eigenvalue weighted by molar-refractivity contribution is 0.479. The van der Waals surface area contributed by atoms with Gasteiger partial charge in [-0.1, -0.05) is 13.0 Å². The highest BCUT2D eigenvalue weighted by Gasteiger charge is 2.07. The van der Waals surface area contributed by atoms with Crippen molar-refractivity contribution in [1.29, 1.82) is 0 Å². The Morgan fingerprint density at radius 2 is 1.90 bits per heavy atom. The van der Waals surface area contributed by atoms with Gasteiger partial charge in [-0.15, -0.1) is 0 Å². The standard InChI is InChI=1S/C16H17BrINO/c1-2-13(19)9-11-3-8-16(15(17)10-11)20-14-6-4-12(18)5-7-14/h3-8,10,13H,2,9,19H2,1H3. The topological polar surface area (TPSA) is 35.2 Å². The summed E-state index contributed by atoms with van der Waals surface area (Å²) in [5.41, 5.74) is 7.21. The molecule has 0 saturated heterocycles. The van der Waals surface area contributed by atoms with Crippen LogP contribution in [0.1, 0.15) is 18.9 Å². The van der Waals surface area contributed by atoms with Gasteiger partial charge >= 0.3 is 0 Å². The third-order valence-corrected chi connectivity index (χ3v) is 4.40. The van der Waals surface area contributed by atoms with Gasteiger partial charge in [-0.05, 0) is 93.3 Å². The van der Waals surface area contributed by atoms with E-state index in [0.717, 1.165) is 28.8 Å². The fraction of sp³-hybridized carbons (Fsp3) is 0.250. The summed E-state index contributed by atoms with van der Waals surface area (Å²) in [6.45, 7) is 2.11. The van der Waals surface area contributed by atoms with Crippen molar-refractivity contribution in [3.8, 4) is 11.5 Å². The van der Waals surface area contributed by atoms with E-state index in [1.165, 1.54) is 9.13 Å². The molecule has 2 aromatic rings. The van der Waals surface area contributed by atoms with Crippen molar-refractivity contribution in [1.82, 2.24) is 0 Å². The van der Waals surface area contributed by atoms with Crippen molar-refractivity contribution in [2.75, 3.05) is 0 Å². The van der Waals surface area contributed by atoms with Gasteiger partial charge in [-0.2, -0.15) is 0 Å². The van der Waals surface area contributed by atoms with E-state index in [1.807, 2.05) is 30.3 Å². The Labute approximate surface area is 142 Å². The average Bonchev–Trinajstić information content (AvgIpc) is 2.44. The summed E-state index contributed by atoms with van der Waals surface area (Å²) < 4.78 is 8.02. The molecule has 2 N–H and O–H groups in total. The minimum absolute atomic E-state index is 0.213. The molecule has 1 atom stereocenters. The first-order chi connectivity index (χ1) is 9.58. The third kappa shape index (κ3) is 4.46. The van der Waals surface area contributed by atoms with Crippen LogP contribution >= 0.6 is 38.5 Å². The fourth-order valence-electron chi connectivity index (χ4n) is 1.83. The Morgan fingerprint density at radius 3 is 2.50 bits per heavy atom. The predicted octanol–water partition coefficient (Wildman–Crippen LogP) is 5.13. The normalized spacial score (nSPS) is 12.2. The predicted molar refractivity (Wildman–Crippen MR) is 95.3 cm³/mol. The van der Waals surface area contributed by atoms with Crippen molar-refractivity contribution in [3.63, 3.8) is 0 Å². The quantitative estimate of drug-likeness (QED) is 0.647. The molecule has 0 fully saturated rings. The fourth-order valence-corrected chi connectivity index (χ4v) is 2.70. The van der Waals surface area contributed by atoms with Gasteiger partial charge in [0.1, 0.15) is 11.5 Å². The molecule has 106 valence electrons. The number of ether oxygens (including phenoxy) is 1. The van der Waals surface area contributed by atoms with Gasteiger partial charge < -0.3 is 10.5 Å². The Balaban J connectivity index is 2.11. The highest BCUT2D eigenvalue weighted by molar-refractivity contribution is 14.1. The van der Waals surface area contributed by atoms with Crippen LogP contribution in [0.25, 0.3) is 0 Å². The molecule has 2 nitrogen and oxygen atoms in total. The zero-order valence-electron chi connectivity index (χ0n) is 11.3. The number of halogens is 2. The van der Waals surface area contributed by atoms with Crippen LogP contribution in [0.2, 0.25) is 0 Å². The van der Waals surface area contributed by atoms with E-state index in [2.05, 4.69) is 57.6 Å². The van der Waals surface area contributed by atoms with E-state index in [9.17, 15) is 0 Å². The lowest BCUT2D eigenvalue weighted by Gasteiger charge is -2.12. The largest absolute Gasteiger partial charge is 0.456 e. The molecule has 0 heterocycles. The molecule has 0 aliphatic heterocycles. The first kappa shape index (κ1) is 15.8. The van der Waals surface area contributed by atoms with E-state index < -0.39 is 0 Å². The van der Waals surface area contributed by atoms with E-state index in [0.29, 0.717) is 0 Å². The van der Waals surface area contributed by atoms with E-state index >= 15 is 0 Å². The molecule has 0 bridgehead atoms. The molecular formula is C16H17BrINO. The second-order valence-electron chi connectivity index (χ2n) is 4.69. The Hall–Kier alpha value is -0.590. The van der Waals surface area contributed by atoms with Gasteiger partial charge in [-0.25, -0.2) is 0 Å². The molecule has 2 rings (SSSR count). The number of rotatable bonds is 5. The van der Waals surface area contributed by atoms with E-state index in [-0.39, 0.29) is 6.04 Å². The second kappa shape index (κ2) is 7.43. The number of hydrogen-bond acceptors (Lipinski definition) is 2. The summed E-state index contributed by atoms with van der Waals surface area (Å²) in [4.78, 5) is 0. The van der Waals surface area contributed by atoms with Gasteiger partial charge in [0.25, 0.3) is 0 Å². The number of nitrogens with two attached hydrogens (primary N) is 1. The van der Waals surface area contributed by atoms with Crippen molar-refractivity contribution >= 4 is 38.5 Å². The molecule has 0 aliphatic rings. The zero-order chi connectivity index (χ0) is 14.5. The Morgan fingerprint density at radius 1 is 1.20 bits per heavy atom. The first-order valence-corrected chi connectivity index (χ1v) is 8.43. The molecule has 1 unspecified atom stereocenters. The molecule has 4 heteroatoms. The van der Waals surface area contributed by atoms with Crippen LogP contribution in [0.4, 0.5) is 0 Å². The number of benzene rings is 2. The molecule has 2 aromatic carbocycles. The SMILES string of the molecule is CCC(N)Cc1ccc(Oc2ccc(I)cc2)c(Br)c1. The van der Waals surface area contributed by atoms with Crippen molar-refractivity contribution in [3.05, 3.63) is 56.1 Å². The van der Waals surface area contributed by atoms with Crippen LogP contribution in [0.3, 0.4) is 0 Å². The highest BCUT2D eigenvalue weighted by atomic mass is 127. The summed E-state index contributed by atoms with van der Waals surface area (Å²) in [6.07, 6.45) is 1.87. The monoisotopic (exact) mass is 445 g/mol. The molecule has 0 aliphatic carbocycles. The van der Waals surface area contributed by atoms with Crippen molar-refractivity contribution in [2.24, 2.45) is 5.73 Å². The molecule has 0 amide bonds. The Kier molecular flexibility index (Phi) is 5.86. The summed E-state index contributed by atoms with van der Waals surface area (Å²) in [5, 5.41) is 0. The van der Waals surface area contributed by atoms with Crippen LogP contribution in [-0.4, -0.2) is 6.04 Å². The Bertz CT molecular complexity index is 571. The van der Waals surface area contributed by atoms with Gasteiger partial charge in [0.2, 0.25) is 0 Å². The van der Waals surface area contributed by atoms with Gasteiger partial charge in [0.15, 0.2) is 0 Å². The van der Waals surface area contributed by atoms with Crippen molar-refractivity contribution < 1.29 is 4.74 Å². The molecular weight excluding hydrogens is 429 g/mol. The molecule has 20 heavy (non-hydrogen) atoms. The smallest absolute Gasteiger partial charge is 0.141 e. The highest BCUT2D eigenvalue weighted by Crippen LogP contribution is 2.31. The third-order valence-electron chi connectivity index (χ3n) is 3.06. The van der Waals surface area contributed by atoms with Crippen LogP contribution in [0, 0.1) is 3.57 Å². The maximum Gasteiger partial charge on any atom is 0.141 e. The maximum absolute atomic E-state index is 5.98. The van der Waals surface area contributed by atoms with Gasteiger partial charge in [0, 0.05) is 9.61 Å². The first-order valence-electron chi connectivity index (χ1n) is 6.56. The van der Waals surface area contributed by atoms with Crippen LogP contribution < -0.4 is 10.5 Å². The summed E-state index contributed by atoms with van der Waals surface area (Å²) in [5.74, 6) is 1.66. The minimum atomic E-state index is 0.213. The molecule has 0 saturated carbocycles.